The van der Waals surface area contributed by atoms with Crippen molar-refractivity contribution in [3.8, 4) is 0 Å². The van der Waals surface area contributed by atoms with E-state index in [0.717, 1.165) is 18.4 Å². The SMILES string of the molecule is C[S+]([O-])CC[C@H](NC(=O)c1ccc(C(=O)N2CCC[C@H]2CN)c(Cl)c1)c1nc2cc(Cl)ccc2[nH]1. The summed E-state index contributed by atoms with van der Waals surface area (Å²) in [5, 5.41) is 3.72. The zero-order valence-corrected chi connectivity index (χ0v) is 21.6. The molecule has 4 N–H and O–H groups in total. The molecule has 0 aliphatic carbocycles. The van der Waals surface area contributed by atoms with E-state index in [-0.39, 0.29) is 22.9 Å². The molecule has 0 spiro atoms. The maximum atomic E-state index is 13.1. The summed E-state index contributed by atoms with van der Waals surface area (Å²) in [6, 6.07) is 9.45. The predicted octanol–water partition coefficient (Wildman–Crippen LogP) is 3.67. The lowest BCUT2D eigenvalue weighted by molar-refractivity contribution is 0.0740. The largest absolute Gasteiger partial charge is 0.617 e. The highest BCUT2D eigenvalue weighted by atomic mass is 35.5. The molecule has 0 bridgehead atoms. The fourth-order valence-electron chi connectivity index (χ4n) is 4.30. The molecule has 0 saturated carbocycles. The van der Waals surface area contributed by atoms with Gasteiger partial charge < -0.3 is 25.5 Å². The number of amides is 2. The number of aromatic amines is 1. The van der Waals surface area contributed by atoms with Gasteiger partial charge in [0.25, 0.3) is 11.8 Å². The first-order valence-electron chi connectivity index (χ1n) is 11.3. The summed E-state index contributed by atoms with van der Waals surface area (Å²) in [6.45, 7) is 1.05. The number of carbonyl (C=O) groups is 2. The van der Waals surface area contributed by atoms with Crippen LogP contribution in [0.15, 0.2) is 36.4 Å². The number of imidazole rings is 1. The van der Waals surface area contributed by atoms with E-state index in [2.05, 4.69) is 15.3 Å². The molecule has 11 heteroatoms. The van der Waals surface area contributed by atoms with Crippen molar-refractivity contribution < 1.29 is 14.1 Å². The zero-order chi connectivity index (χ0) is 25.1. The number of hydrogen-bond acceptors (Lipinski definition) is 5. The van der Waals surface area contributed by atoms with E-state index in [0.29, 0.717) is 52.8 Å². The zero-order valence-electron chi connectivity index (χ0n) is 19.2. The molecule has 1 fully saturated rings. The van der Waals surface area contributed by atoms with E-state index in [1.165, 1.54) is 6.07 Å². The van der Waals surface area contributed by atoms with Crippen LogP contribution in [0.1, 0.15) is 51.8 Å². The van der Waals surface area contributed by atoms with Gasteiger partial charge >= 0.3 is 0 Å². The summed E-state index contributed by atoms with van der Waals surface area (Å²) in [5.41, 5.74) is 7.91. The molecule has 1 aliphatic heterocycles. The van der Waals surface area contributed by atoms with Crippen LogP contribution in [0.3, 0.4) is 0 Å². The summed E-state index contributed by atoms with van der Waals surface area (Å²) < 4.78 is 11.7. The van der Waals surface area contributed by atoms with Crippen molar-refractivity contribution in [1.82, 2.24) is 20.2 Å². The normalized spacial score (nSPS) is 17.5. The number of nitrogens with one attached hydrogen (secondary N) is 2. The number of carbonyl (C=O) groups excluding carboxylic acids is 2. The quantitative estimate of drug-likeness (QED) is 0.379. The third-order valence-corrected chi connectivity index (χ3v) is 7.52. The predicted molar refractivity (Wildman–Crippen MR) is 139 cm³/mol. The average molecular weight is 536 g/mol. The van der Waals surface area contributed by atoms with Gasteiger partial charge in [0.1, 0.15) is 11.6 Å². The smallest absolute Gasteiger partial charge is 0.255 e. The highest BCUT2D eigenvalue weighted by molar-refractivity contribution is 7.90. The first kappa shape index (κ1) is 25.8. The number of halogens is 2. The van der Waals surface area contributed by atoms with Crippen LogP contribution >= 0.6 is 23.2 Å². The van der Waals surface area contributed by atoms with Gasteiger partial charge in [-0.2, -0.15) is 0 Å². The number of aromatic nitrogens is 2. The van der Waals surface area contributed by atoms with Gasteiger partial charge in [-0.05, 0) is 49.2 Å². The first-order valence-corrected chi connectivity index (χ1v) is 13.8. The Kier molecular flexibility index (Phi) is 8.23. The molecule has 4 rings (SSSR count). The molecule has 2 aromatic carbocycles. The van der Waals surface area contributed by atoms with Crippen molar-refractivity contribution in [1.29, 1.82) is 0 Å². The van der Waals surface area contributed by atoms with Crippen LogP contribution in [0.4, 0.5) is 0 Å². The number of benzene rings is 2. The Morgan fingerprint density at radius 3 is 2.83 bits per heavy atom. The van der Waals surface area contributed by atoms with Crippen LogP contribution in [-0.2, 0) is 11.2 Å². The average Bonchev–Trinajstić information content (AvgIpc) is 3.47. The molecule has 1 saturated heterocycles. The topological polar surface area (TPSA) is 127 Å². The number of nitrogens with two attached hydrogens (primary N) is 1. The minimum atomic E-state index is -1.04. The summed E-state index contributed by atoms with van der Waals surface area (Å²) >= 11 is 11.5. The van der Waals surface area contributed by atoms with E-state index in [1.54, 1.807) is 35.4 Å². The third-order valence-electron chi connectivity index (χ3n) is 6.16. The fraction of sp³-hybridized carbons (Fsp3) is 0.375. The summed E-state index contributed by atoms with van der Waals surface area (Å²) in [7, 11) is 0. The molecule has 3 aromatic rings. The highest BCUT2D eigenvalue weighted by Gasteiger charge is 2.30. The van der Waals surface area contributed by atoms with Gasteiger partial charge in [-0.25, -0.2) is 4.98 Å². The van der Waals surface area contributed by atoms with Gasteiger partial charge in [-0.15, -0.1) is 0 Å². The van der Waals surface area contributed by atoms with Crippen LogP contribution < -0.4 is 11.1 Å². The van der Waals surface area contributed by atoms with E-state index in [1.807, 2.05) is 6.07 Å². The minimum Gasteiger partial charge on any atom is -0.617 e. The van der Waals surface area contributed by atoms with E-state index >= 15 is 0 Å². The van der Waals surface area contributed by atoms with E-state index in [4.69, 9.17) is 28.9 Å². The second-order valence-corrected chi connectivity index (χ2v) is 11.0. The van der Waals surface area contributed by atoms with Crippen molar-refractivity contribution in [3.05, 3.63) is 63.4 Å². The number of likely N-dealkylation sites (tertiary alicyclic amines) is 1. The summed E-state index contributed by atoms with van der Waals surface area (Å²) in [6.07, 6.45) is 3.81. The van der Waals surface area contributed by atoms with Gasteiger partial charge in [-0.3, -0.25) is 9.59 Å². The van der Waals surface area contributed by atoms with Crippen molar-refractivity contribution in [2.75, 3.05) is 25.1 Å². The number of hydrogen-bond donors (Lipinski definition) is 3. The van der Waals surface area contributed by atoms with Gasteiger partial charge in [-0.1, -0.05) is 34.4 Å². The molecule has 1 aromatic heterocycles. The van der Waals surface area contributed by atoms with Gasteiger partial charge in [0.15, 0.2) is 0 Å². The Morgan fingerprint density at radius 1 is 1.31 bits per heavy atom. The maximum absolute atomic E-state index is 13.1. The Hall–Kier alpha value is -2.30. The van der Waals surface area contributed by atoms with Gasteiger partial charge in [0.05, 0.1) is 33.9 Å². The molecule has 2 amide bonds. The van der Waals surface area contributed by atoms with Crippen LogP contribution in [0.25, 0.3) is 11.0 Å². The lowest BCUT2D eigenvalue weighted by Crippen LogP contribution is -2.40. The first-order chi connectivity index (χ1) is 16.8. The van der Waals surface area contributed by atoms with Crippen LogP contribution in [0, 0.1) is 0 Å². The number of H-pyrrole nitrogens is 1. The van der Waals surface area contributed by atoms with Crippen molar-refractivity contribution in [2.24, 2.45) is 5.73 Å². The molecule has 0 radical (unpaired) electrons. The second kappa shape index (κ2) is 11.2. The standard InChI is InChI=1S/C24H27Cl2N5O3S/c1-35(34)10-8-20(22-28-19-7-5-15(25)12-21(19)29-22)30-23(32)14-4-6-17(18(26)11-14)24(33)31-9-2-3-16(31)13-27/h4-7,11-12,16,20H,2-3,8-10,13,27H2,1H3,(H,28,29)(H,30,32)/t16-,20-,35?/m0/s1. The molecule has 2 heterocycles. The third kappa shape index (κ3) is 5.92. The highest BCUT2D eigenvalue weighted by Crippen LogP contribution is 2.26. The molecule has 8 nitrogen and oxygen atoms in total. The lowest BCUT2D eigenvalue weighted by atomic mass is 10.1. The molecule has 1 aliphatic rings. The molecular formula is C24H27Cl2N5O3S. The van der Waals surface area contributed by atoms with E-state index < -0.39 is 17.2 Å². The summed E-state index contributed by atoms with van der Waals surface area (Å²) in [5.74, 6) is 0.368. The van der Waals surface area contributed by atoms with Gasteiger partial charge in [0.2, 0.25) is 0 Å². The molecule has 3 atom stereocenters. The number of rotatable bonds is 8. The minimum absolute atomic E-state index is 0.00473. The molecule has 186 valence electrons. The number of fused-ring (bicyclic) bond motifs is 1. The van der Waals surface area contributed by atoms with E-state index in [9.17, 15) is 14.1 Å². The van der Waals surface area contributed by atoms with Crippen LogP contribution in [0.5, 0.6) is 0 Å². The van der Waals surface area contributed by atoms with Crippen LogP contribution in [0.2, 0.25) is 10.0 Å². The molecular weight excluding hydrogens is 509 g/mol. The Morgan fingerprint density at radius 2 is 2.11 bits per heavy atom. The van der Waals surface area contributed by atoms with Crippen LogP contribution in [-0.4, -0.2) is 62.4 Å². The molecule has 35 heavy (non-hydrogen) atoms. The second-order valence-electron chi connectivity index (χ2n) is 8.60. The molecule has 1 unspecified atom stereocenters. The Balaban J connectivity index is 1.54. The Labute approximate surface area is 216 Å². The monoisotopic (exact) mass is 535 g/mol. The number of nitrogens with zero attached hydrogens (tertiary/aromatic N) is 2. The van der Waals surface area contributed by atoms with Gasteiger partial charge in [0, 0.05) is 36.1 Å². The van der Waals surface area contributed by atoms with Crippen molar-refractivity contribution in [2.45, 2.75) is 31.3 Å². The van der Waals surface area contributed by atoms with Crippen molar-refractivity contribution >= 4 is 57.2 Å². The summed E-state index contributed by atoms with van der Waals surface area (Å²) in [4.78, 5) is 35.6. The fourth-order valence-corrected chi connectivity index (χ4v) is 5.29. The van der Waals surface area contributed by atoms with Crippen molar-refractivity contribution in [3.63, 3.8) is 0 Å². The maximum Gasteiger partial charge on any atom is 0.255 e. The lowest BCUT2D eigenvalue weighted by Gasteiger charge is -2.24. The Bertz CT molecular complexity index is 1240.